The number of phenolic OH excluding ortho intramolecular Hbond substituents is 1. The van der Waals surface area contributed by atoms with E-state index in [0.29, 0.717) is 58.0 Å². The Morgan fingerprint density at radius 1 is 1.20 bits per heavy atom. The van der Waals surface area contributed by atoms with Gasteiger partial charge < -0.3 is 20.1 Å². The van der Waals surface area contributed by atoms with Gasteiger partial charge in [-0.1, -0.05) is 23.7 Å². The maximum absolute atomic E-state index is 17.0. The van der Waals surface area contributed by atoms with Crippen LogP contribution in [0.25, 0.3) is 32.8 Å². The van der Waals surface area contributed by atoms with Crippen LogP contribution in [0.3, 0.4) is 0 Å². The van der Waals surface area contributed by atoms with E-state index in [1.165, 1.54) is 6.07 Å². The number of ether oxygens (including phenoxy) is 1. The zero-order valence-electron chi connectivity index (χ0n) is 24.7. The van der Waals surface area contributed by atoms with Crippen LogP contribution >= 0.6 is 11.6 Å². The number of nitrogens with zero attached hydrogens (tertiary/aromatic N) is 5. The Bertz CT molecular complexity index is 1880. The molecule has 1 aromatic heterocycles. The van der Waals surface area contributed by atoms with Gasteiger partial charge in [0.15, 0.2) is 5.82 Å². The average Bonchev–Trinajstić information content (AvgIpc) is 3.66. The molecule has 11 heteroatoms. The van der Waals surface area contributed by atoms with Gasteiger partial charge in [0.25, 0.3) is 0 Å². The average molecular weight is 631 g/mol. The molecule has 45 heavy (non-hydrogen) atoms. The lowest BCUT2D eigenvalue weighted by Crippen LogP contribution is -2.43. The number of alkyl halides is 1. The highest BCUT2D eigenvalue weighted by molar-refractivity contribution is 6.36. The van der Waals surface area contributed by atoms with Gasteiger partial charge in [-0.2, -0.15) is 15.2 Å². The Balaban J connectivity index is 1.30. The van der Waals surface area contributed by atoms with Crippen molar-refractivity contribution in [1.82, 2.24) is 20.2 Å². The molecule has 4 saturated heterocycles. The van der Waals surface area contributed by atoms with Crippen LogP contribution in [0.15, 0.2) is 36.4 Å². The minimum absolute atomic E-state index is 0.00261. The molecule has 232 valence electrons. The van der Waals surface area contributed by atoms with Gasteiger partial charge in [-0.3, -0.25) is 4.90 Å². The molecule has 8 nitrogen and oxygen atoms in total. The first kappa shape index (κ1) is 28.7. The SMILES string of the molecule is N#Cc1cc2c(N3CCC4CNC(C4)C3)nc(OC[C@@]34CCCN3C[C@H](F)C4)nc2c(F)c1-c1cc(O)cc2cccc(Cl)c12. The van der Waals surface area contributed by atoms with E-state index in [4.69, 9.17) is 21.3 Å². The summed E-state index contributed by atoms with van der Waals surface area (Å²) in [4.78, 5) is 13.8. The molecule has 4 aliphatic rings. The quantitative estimate of drug-likeness (QED) is 0.279. The summed E-state index contributed by atoms with van der Waals surface area (Å²) in [6.45, 7) is 3.83. The number of nitriles is 1. The minimum Gasteiger partial charge on any atom is -0.508 e. The largest absolute Gasteiger partial charge is 0.508 e. The van der Waals surface area contributed by atoms with Crippen LogP contribution in [-0.2, 0) is 0 Å². The third kappa shape index (κ3) is 4.84. The number of aromatic nitrogens is 2. The molecule has 0 aliphatic carbocycles. The van der Waals surface area contributed by atoms with Crippen molar-refractivity contribution in [2.75, 3.05) is 44.2 Å². The predicted molar refractivity (Wildman–Crippen MR) is 169 cm³/mol. The number of phenols is 1. The van der Waals surface area contributed by atoms with E-state index in [1.54, 1.807) is 30.3 Å². The third-order valence-corrected chi connectivity index (χ3v) is 10.6. The first-order valence-electron chi connectivity index (χ1n) is 15.7. The van der Waals surface area contributed by atoms with Crippen molar-refractivity contribution in [3.63, 3.8) is 0 Å². The van der Waals surface area contributed by atoms with E-state index >= 15 is 4.39 Å². The summed E-state index contributed by atoms with van der Waals surface area (Å²) >= 11 is 6.61. The Labute approximate surface area is 264 Å². The molecule has 2 N–H and O–H groups in total. The molecule has 0 saturated carbocycles. The summed E-state index contributed by atoms with van der Waals surface area (Å²) in [5.74, 6) is 0.282. The van der Waals surface area contributed by atoms with Crippen LogP contribution in [0.4, 0.5) is 14.6 Å². The second-order valence-corrected chi connectivity index (χ2v) is 13.5. The summed E-state index contributed by atoms with van der Waals surface area (Å²) in [6, 6.07) is 12.3. The highest BCUT2D eigenvalue weighted by Crippen LogP contribution is 2.44. The fourth-order valence-electron chi connectivity index (χ4n) is 8.21. The number of nitrogens with one attached hydrogen (secondary N) is 1. The molecule has 0 radical (unpaired) electrons. The topological polar surface area (TPSA) is 97.5 Å². The zero-order valence-corrected chi connectivity index (χ0v) is 25.5. The smallest absolute Gasteiger partial charge is 0.319 e. The fourth-order valence-corrected chi connectivity index (χ4v) is 8.49. The fraction of sp³-hybridized carbons (Fsp3) is 0.441. The summed E-state index contributed by atoms with van der Waals surface area (Å²) in [7, 11) is 0. The van der Waals surface area contributed by atoms with E-state index in [0.717, 1.165) is 45.3 Å². The number of hydrogen-bond donors (Lipinski definition) is 2. The van der Waals surface area contributed by atoms with Crippen LogP contribution in [0.1, 0.15) is 37.7 Å². The molecule has 2 unspecified atom stereocenters. The molecular formula is C34H33ClF2N6O2. The number of halogens is 3. The second-order valence-electron chi connectivity index (χ2n) is 13.1. The van der Waals surface area contributed by atoms with Crippen molar-refractivity contribution in [1.29, 1.82) is 5.26 Å². The van der Waals surface area contributed by atoms with E-state index in [2.05, 4.69) is 26.2 Å². The van der Waals surface area contributed by atoms with Crippen LogP contribution in [-0.4, -0.2) is 77.1 Å². The highest BCUT2D eigenvalue weighted by atomic mass is 35.5. The third-order valence-electron chi connectivity index (χ3n) is 10.3. The summed E-state index contributed by atoms with van der Waals surface area (Å²) in [5.41, 5.74) is -0.0192. The normalized spacial score (nSPS) is 26.4. The van der Waals surface area contributed by atoms with Gasteiger partial charge in [-0.05, 0) is 79.9 Å². The van der Waals surface area contributed by atoms with E-state index in [9.17, 15) is 14.8 Å². The number of aromatic hydroxyl groups is 1. The number of anilines is 1. The Morgan fingerprint density at radius 2 is 2.09 bits per heavy atom. The van der Waals surface area contributed by atoms with Gasteiger partial charge in [0.2, 0.25) is 0 Å². The summed E-state index contributed by atoms with van der Waals surface area (Å²) in [5, 5.41) is 26.4. The molecule has 8 rings (SSSR count). The number of fused-ring (bicyclic) bond motifs is 5. The molecule has 3 aromatic carbocycles. The van der Waals surface area contributed by atoms with Crippen molar-refractivity contribution in [2.45, 2.75) is 49.9 Å². The van der Waals surface area contributed by atoms with E-state index in [-0.39, 0.29) is 41.1 Å². The molecule has 4 atom stereocenters. The lowest BCUT2D eigenvalue weighted by molar-refractivity contribution is 0.107. The van der Waals surface area contributed by atoms with Crippen molar-refractivity contribution in [3.8, 4) is 29.0 Å². The molecule has 0 spiro atoms. The molecule has 4 aromatic rings. The highest BCUT2D eigenvalue weighted by Gasteiger charge is 2.49. The maximum Gasteiger partial charge on any atom is 0.319 e. The van der Waals surface area contributed by atoms with Gasteiger partial charge in [0, 0.05) is 53.5 Å². The Kier molecular flexibility index (Phi) is 6.97. The summed E-state index contributed by atoms with van der Waals surface area (Å²) in [6.07, 6.45) is 3.31. The van der Waals surface area contributed by atoms with Crippen LogP contribution < -0.4 is 15.0 Å². The van der Waals surface area contributed by atoms with Gasteiger partial charge in [0.05, 0.1) is 17.2 Å². The van der Waals surface area contributed by atoms with Crippen molar-refractivity contribution < 1.29 is 18.6 Å². The van der Waals surface area contributed by atoms with Gasteiger partial charge in [-0.15, -0.1) is 0 Å². The maximum atomic E-state index is 17.0. The monoisotopic (exact) mass is 630 g/mol. The molecule has 2 bridgehead atoms. The molecular weight excluding hydrogens is 598 g/mol. The van der Waals surface area contributed by atoms with E-state index in [1.807, 2.05) is 0 Å². The molecule has 4 fully saturated rings. The molecule has 0 amide bonds. The molecule has 4 aliphatic heterocycles. The lowest BCUT2D eigenvalue weighted by Gasteiger charge is -2.31. The minimum atomic E-state index is -0.907. The standard InChI is InChI=1S/C34H33ClF2N6O2/c35-27-4-1-3-20-10-24(44)12-25(28(20)27)29-21(14-38)11-26-31(30(29)37)40-33(45-18-34-6-2-7-43(34)16-22(36)13-34)41-32(26)42-8-5-19-9-23(17-42)39-15-19/h1,3-4,10-12,19,22-23,39,44H,2,5-9,13,15-18H2/t19?,22-,23?,34+/m1/s1. The van der Waals surface area contributed by atoms with Crippen LogP contribution in [0.2, 0.25) is 5.02 Å². The predicted octanol–water partition coefficient (Wildman–Crippen LogP) is 5.96. The molecule has 5 heterocycles. The van der Waals surface area contributed by atoms with Crippen molar-refractivity contribution in [3.05, 3.63) is 52.8 Å². The van der Waals surface area contributed by atoms with Crippen molar-refractivity contribution >= 4 is 39.1 Å². The number of hydrogen-bond acceptors (Lipinski definition) is 8. The lowest BCUT2D eigenvalue weighted by atomic mass is 9.92. The summed E-state index contributed by atoms with van der Waals surface area (Å²) < 4.78 is 37.8. The number of rotatable bonds is 5. The van der Waals surface area contributed by atoms with Gasteiger partial charge >= 0.3 is 6.01 Å². The van der Waals surface area contributed by atoms with Gasteiger partial charge in [0.1, 0.15) is 29.9 Å². The Hall–Kier alpha value is -3.78. The van der Waals surface area contributed by atoms with Crippen molar-refractivity contribution in [2.24, 2.45) is 5.92 Å². The zero-order chi connectivity index (χ0) is 30.9. The van der Waals surface area contributed by atoms with Crippen LogP contribution in [0, 0.1) is 23.1 Å². The first-order chi connectivity index (χ1) is 21.8. The van der Waals surface area contributed by atoms with E-state index < -0.39 is 17.5 Å². The number of benzene rings is 3. The van der Waals surface area contributed by atoms with Gasteiger partial charge in [-0.25, -0.2) is 8.78 Å². The second kappa shape index (κ2) is 10.9. The Morgan fingerprint density at radius 3 is 2.96 bits per heavy atom. The first-order valence-corrected chi connectivity index (χ1v) is 16.1. The van der Waals surface area contributed by atoms with Crippen LogP contribution in [0.5, 0.6) is 11.8 Å².